The van der Waals surface area contributed by atoms with Crippen LogP contribution in [0.2, 0.25) is 0 Å². The van der Waals surface area contributed by atoms with Crippen LogP contribution in [0.15, 0.2) is 54.6 Å². The van der Waals surface area contributed by atoms with Crippen molar-refractivity contribution in [2.24, 2.45) is 0 Å². The van der Waals surface area contributed by atoms with Gasteiger partial charge in [0.05, 0.1) is 5.69 Å². The van der Waals surface area contributed by atoms with E-state index in [1.807, 2.05) is 37.3 Å². The third-order valence-electron chi connectivity index (χ3n) is 3.25. The normalized spacial score (nSPS) is 12.3. The van der Waals surface area contributed by atoms with E-state index in [0.717, 1.165) is 11.3 Å². The Morgan fingerprint density at radius 2 is 1.65 bits per heavy atom. The van der Waals surface area contributed by atoms with Crippen LogP contribution in [0.1, 0.15) is 19.4 Å². The van der Waals surface area contributed by atoms with Crippen molar-refractivity contribution >= 4 is 22.7 Å². The number of hydrogen-bond acceptors (Lipinski definition) is 4. The lowest BCUT2D eigenvalue weighted by Crippen LogP contribution is -2.48. The van der Waals surface area contributed by atoms with E-state index < -0.39 is 21.7 Å². The van der Waals surface area contributed by atoms with Crippen LogP contribution < -0.4 is 15.0 Å². The highest BCUT2D eigenvalue weighted by molar-refractivity contribution is 7.82. The first-order chi connectivity index (χ1) is 10.9. The average Bonchev–Trinajstić information content (AvgIpc) is 2.54. The minimum absolute atomic E-state index is 0.424. The summed E-state index contributed by atoms with van der Waals surface area (Å²) >= 11 is -1.83. The predicted octanol–water partition coefficient (Wildman–Crippen LogP) is 2.96. The van der Waals surface area contributed by atoms with Gasteiger partial charge in [-0.2, -0.15) is 0 Å². The second-order valence-electron chi connectivity index (χ2n) is 5.59. The number of carbonyl (C=O) groups excluding carboxylic acids is 1. The van der Waals surface area contributed by atoms with Crippen LogP contribution in [0, 0.1) is 6.92 Å². The summed E-state index contributed by atoms with van der Waals surface area (Å²) in [6, 6.07) is 16.3. The number of amides is 1. The largest absolute Gasteiger partial charge is 0.400 e. The molecule has 0 aliphatic rings. The minimum atomic E-state index is -1.83. The van der Waals surface area contributed by atoms with Gasteiger partial charge in [0, 0.05) is 0 Å². The molecule has 0 aromatic heterocycles. The Morgan fingerprint density at radius 3 is 2.26 bits per heavy atom. The second-order valence-corrected chi connectivity index (χ2v) is 7.24. The fourth-order valence-electron chi connectivity index (χ4n) is 1.66. The van der Waals surface area contributed by atoms with Gasteiger partial charge in [-0.3, -0.25) is 15.6 Å². The molecule has 0 bridgehead atoms. The zero-order valence-corrected chi connectivity index (χ0v) is 14.1. The molecular weight excluding hydrogens is 312 g/mol. The molecule has 0 fully saturated rings. The van der Waals surface area contributed by atoms with E-state index in [1.165, 1.54) is 0 Å². The zero-order chi connectivity index (χ0) is 16.9. The van der Waals surface area contributed by atoms with E-state index in [4.69, 9.17) is 4.18 Å². The molecule has 1 unspecified atom stereocenters. The number of para-hydroxylation sites is 1. The van der Waals surface area contributed by atoms with Crippen LogP contribution >= 0.6 is 0 Å². The van der Waals surface area contributed by atoms with Crippen molar-refractivity contribution in [3.8, 4) is 5.75 Å². The summed E-state index contributed by atoms with van der Waals surface area (Å²) in [5.74, 6) is 0.0329. The summed E-state index contributed by atoms with van der Waals surface area (Å²) in [4.78, 5) is 12.3. The topological polar surface area (TPSA) is 67.4 Å². The number of hydrogen-bond donors (Lipinski definition) is 2. The monoisotopic (exact) mass is 332 g/mol. The Morgan fingerprint density at radius 1 is 1.04 bits per heavy atom. The summed E-state index contributed by atoms with van der Waals surface area (Å²) < 4.78 is 16.5. The molecule has 0 saturated heterocycles. The number of rotatable bonds is 6. The molecule has 0 spiro atoms. The zero-order valence-electron chi connectivity index (χ0n) is 13.3. The Bertz CT molecular complexity index is 685. The standard InChI is InChI=1S/C17H20N2O3S/c1-13-9-11-14(12-10-13)18-19-16(20)17(2,3)23(21)22-15-7-5-4-6-8-15/h4-12,18H,1-3H3,(H,19,20). The summed E-state index contributed by atoms with van der Waals surface area (Å²) in [5.41, 5.74) is 7.24. The molecule has 2 aromatic rings. The lowest BCUT2D eigenvalue weighted by molar-refractivity contribution is -0.122. The van der Waals surface area contributed by atoms with Crippen LogP contribution in [0.4, 0.5) is 5.69 Å². The first-order valence-electron chi connectivity index (χ1n) is 7.18. The van der Waals surface area contributed by atoms with Crippen LogP contribution in [0.5, 0.6) is 5.75 Å². The van der Waals surface area contributed by atoms with Crippen molar-refractivity contribution in [2.45, 2.75) is 25.5 Å². The van der Waals surface area contributed by atoms with Crippen LogP contribution in [-0.4, -0.2) is 14.9 Å². The van der Waals surface area contributed by atoms with E-state index in [1.54, 1.807) is 38.1 Å². The predicted molar refractivity (Wildman–Crippen MR) is 92.2 cm³/mol. The van der Waals surface area contributed by atoms with E-state index in [-0.39, 0.29) is 0 Å². The van der Waals surface area contributed by atoms with Gasteiger partial charge in [0.2, 0.25) is 11.1 Å². The van der Waals surface area contributed by atoms with Crippen LogP contribution in [0.25, 0.3) is 0 Å². The van der Waals surface area contributed by atoms with E-state index in [2.05, 4.69) is 10.9 Å². The molecule has 0 heterocycles. The van der Waals surface area contributed by atoms with Crippen LogP contribution in [0.3, 0.4) is 0 Å². The first kappa shape index (κ1) is 17.0. The molecule has 0 aliphatic carbocycles. The molecule has 0 saturated carbocycles. The quantitative estimate of drug-likeness (QED) is 0.798. The Hall–Kier alpha value is -2.34. The molecule has 122 valence electrons. The van der Waals surface area contributed by atoms with Gasteiger partial charge in [-0.15, -0.1) is 0 Å². The van der Waals surface area contributed by atoms with E-state index in [0.29, 0.717) is 5.75 Å². The Labute approximate surface area is 138 Å². The van der Waals surface area contributed by atoms with Gasteiger partial charge in [-0.1, -0.05) is 35.9 Å². The SMILES string of the molecule is Cc1ccc(NNC(=O)C(C)(C)S(=O)Oc2ccccc2)cc1. The molecule has 2 N–H and O–H groups in total. The highest BCUT2D eigenvalue weighted by atomic mass is 32.2. The summed E-state index contributed by atoms with van der Waals surface area (Å²) in [5, 5.41) is 0. The molecule has 0 radical (unpaired) electrons. The van der Waals surface area contributed by atoms with Crippen molar-refractivity contribution in [2.75, 3.05) is 5.43 Å². The molecule has 0 aliphatic heterocycles. The van der Waals surface area contributed by atoms with Gasteiger partial charge in [0.15, 0.2) is 4.75 Å². The van der Waals surface area contributed by atoms with Gasteiger partial charge < -0.3 is 4.18 Å². The fourth-order valence-corrected chi connectivity index (χ4v) is 2.36. The summed E-state index contributed by atoms with van der Waals surface area (Å²) in [6.07, 6.45) is 0. The molecular formula is C17H20N2O3S. The Balaban J connectivity index is 1.96. The summed E-state index contributed by atoms with van der Waals surface area (Å²) in [7, 11) is 0. The lowest BCUT2D eigenvalue weighted by Gasteiger charge is -2.22. The maximum atomic E-state index is 12.3. The third-order valence-corrected chi connectivity index (χ3v) is 4.61. The van der Waals surface area contributed by atoms with E-state index >= 15 is 0 Å². The molecule has 23 heavy (non-hydrogen) atoms. The van der Waals surface area contributed by atoms with Crippen LogP contribution in [-0.2, 0) is 15.9 Å². The van der Waals surface area contributed by atoms with Crippen molar-refractivity contribution in [3.05, 3.63) is 60.2 Å². The highest BCUT2D eigenvalue weighted by Crippen LogP contribution is 2.19. The van der Waals surface area contributed by atoms with Crippen molar-refractivity contribution in [3.63, 3.8) is 0 Å². The molecule has 1 amide bonds. The van der Waals surface area contributed by atoms with Gasteiger partial charge in [0.25, 0.3) is 5.91 Å². The molecule has 6 heteroatoms. The molecule has 5 nitrogen and oxygen atoms in total. The maximum absolute atomic E-state index is 12.3. The molecule has 2 rings (SSSR count). The van der Waals surface area contributed by atoms with Gasteiger partial charge >= 0.3 is 0 Å². The minimum Gasteiger partial charge on any atom is -0.400 e. The lowest BCUT2D eigenvalue weighted by atomic mass is 10.2. The van der Waals surface area contributed by atoms with Crippen molar-refractivity contribution in [1.82, 2.24) is 5.43 Å². The second kappa shape index (κ2) is 7.28. The molecule has 2 aromatic carbocycles. The fraction of sp³-hybridized carbons (Fsp3) is 0.235. The first-order valence-corrected chi connectivity index (χ1v) is 8.25. The third kappa shape index (κ3) is 4.56. The number of hydrazine groups is 1. The number of carbonyl (C=O) groups is 1. The van der Waals surface area contributed by atoms with Gasteiger partial charge in [0.1, 0.15) is 5.75 Å². The molecule has 1 atom stereocenters. The smallest absolute Gasteiger partial charge is 0.260 e. The number of aryl methyl sites for hydroxylation is 1. The number of nitrogens with one attached hydrogen (secondary N) is 2. The van der Waals surface area contributed by atoms with Crippen molar-refractivity contribution < 1.29 is 13.2 Å². The van der Waals surface area contributed by atoms with Gasteiger partial charge in [-0.25, -0.2) is 4.21 Å². The number of benzene rings is 2. The van der Waals surface area contributed by atoms with Gasteiger partial charge in [-0.05, 0) is 45.0 Å². The maximum Gasteiger partial charge on any atom is 0.260 e. The Kier molecular flexibility index (Phi) is 5.39. The highest BCUT2D eigenvalue weighted by Gasteiger charge is 2.37. The average molecular weight is 332 g/mol. The van der Waals surface area contributed by atoms with Crippen molar-refractivity contribution in [1.29, 1.82) is 0 Å². The van der Waals surface area contributed by atoms with E-state index in [9.17, 15) is 9.00 Å². The summed E-state index contributed by atoms with van der Waals surface area (Å²) in [6.45, 7) is 5.12. The number of anilines is 1.